The fourth-order valence-electron chi connectivity index (χ4n) is 0.872. The zero-order valence-corrected chi connectivity index (χ0v) is 8.80. The highest BCUT2D eigenvalue weighted by molar-refractivity contribution is 7.15. The van der Waals surface area contributed by atoms with Crippen LogP contribution in [0.1, 0.15) is 24.8 Å². The first-order chi connectivity index (χ1) is 6.72. The normalized spacial score (nSPS) is 10.1. The van der Waals surface area contributed by atoms with Gasteiger partial charge in [0.1, 0.15) is 5.01 Å². The molecule has 0 atom stereocenters. The fraction of sp³-hybridized carbons (Fsp3) is 0.625. The fourth-order valence-corrected chi connectivity index (χ4v) is 1.64. The van der Waals surface area contributed by atoms with Crippen molar-refractivity contribution in [3.05, 3.63) is 5.01 Å². The first-order valence-electron chi connectivity index (χ1n) is 4.50. The predicted octanol–water partition coefficient (Wildman–Crippen LogP) is 1.38. The van der Waals surface area contributed by atoms with Gasteiger partial charge < -0.3 is 10.4 Å². The first kappa shape index (κ1) is 10.9. The van der Waals surface area contributed by atoms with Crippen LogP contribution in [0, 0.1) is 0 Å². The van der Waals surface area contributed by atoms with Gasteiger partial charge in [0.2, 0.25) is 5.13 Å². The number of carbonyl (C=O) groups is 1. The van der Waals surface area contributed by atoms with Crippen LogP contribution in [-0.4, -0.2) is 27.8 Å². The van der Waals surface area contributed by atoms with Crippen LogP contribution in [0.5, 0.6) is 0 Å². The van der Waals surface area contributed by atoms with Crippen LogP contribution in [0.2, 0.25) is 0 Å². The highest BCUT2D eigenvalue weighted by Gasteiger charge is 2.05. The molecule has 0 bridgehead atoms. The number of hydrogen-bond donors (Lipinski definition) is 2. The van der Waals surface area contributed by atoms with E-state index in [0.717, 1.165) is 23.1 Å². The van der Waals surface area contributed by atoms with E-state index in [-0.39, 0.29) is 6.42 Å². The van der Waals surface area contributed by atoms with E-state index >= 15 is 0 Å². The van der Waals surface area contributed by atoms with Crippen LogP contribution in [-0.2, 0) is 11.2 Å². The minimum atomic E-state index is -0.803. The molecule has 0 radical (unpaired) electrons. The van der Waals surface area contributed by atoms with E-state index in [9.17, 15) is 4.79 Å². The van der Waals surface area contributed by atoms with Gasteiger partial charge in [-0.2, -0.15) is 0 Å². The van der Waals surface area contributed by atoms with Crippen molar-refractivity contribution in [2.45, 2.75) is 26.2 Å². The van der Waals surface area contributed by atoms with Crippen molar-refractivity contribution in [3.63, 3.8) is 0 Å². The van der Waals surface area contributed by atoms with E-state index in [1.165, 1.54) is 11.3 Å². The molecular weight excluding hydrogens is 202 g/mol. The molecule has 0 aliphatic rings. The summed E-state index contributed by atoms with van der Waals surface area (Å²) in [4.78, 5) is 10.3. The van der Waals surface area contributed by atoms with Crippen LogP contribution in [0.4, 0.5) is 5.13 Å². The third-order valence-electron chi connectivity index (χ3n) is 1.55. The molecular formula is C8H13N3O2S. The Morgan fingerprint density at radius 1 is 1.57 bits per heavy atom. The van der Waals surface area contributed by atoms with Crippen LogP contribution < -0.4 is 5.32 Å². The largest absolute Gasteiger partial charge is 0.481 e. The minimum absolute atomic E-state index is 0.114. The van der Waals surface area contributed by atoms with Gasteiger partial charge in [-0.3, -0.25) is 4.79 Å². The zero-order valence-electron chi connectivity index (χ0n) is 7.99. The van der Waals surface area contributed by atoms with Gasteiger partial charge in [0, 0.05) is 13.0 Å². The zero-order chi connectivity index (χ0) is 10.4. The third kappa shape index (κ3) is 3.69. The van der Waals surface area contributed by atoms with Gasteiger partial charge in [0.15, 0.2) is 0 Å². The molecule has 0 saturated heterocycles. The molecule has 1 heterocycles. The second-order valence-corrected chi connectivity index (χ2v) is 3.88. The molecule has 1 aromatic rings. The van der Waals surface area contributed by atoms with Crippen molar-refractivity contribution in [1.29, 1.82) is 0 Å². The Labute approximate surface area is 86.2 Å². The summed E-state index contributed by atoms with van der Waals surface area (Å²) in [6, 6.07) is 0. The quantitative estimate of drug-likeness (QED) is 0.749. The van der Waals surface area contributed by atoms with E-state index in [1.807, 2.05) is 0 Å². The lowest BCUT2D eigenvalue weighted by Gasteiger charge is -1.95. The molecule has 0 aliphatic carbocycles. The summed E-state index contributed by atoms with van der Waals surface area (Å²) in [6.45, 7) is 2.94. The molecule has 0 fully saturated rings. The van der Waals surface area contributed by atoms with Crippen molar-refractivity contribution in [2.24, 2.45) is 0 Å². The van der Waals surface area contributed by atoms with Crippen LogP contribution in [0.25, 0.3) is 0 Å². The highest BCUT2D eigenvalue weighted by Crippen LogP contribution is 2.16. The van der Waals surface area contributed by atoms with E-state index < -0.39 is 5.97 Å². The number of rotatable bonds is 6. The van der Waals surface area contributed by atoms with Gasteiger partial charge in [0.25, 0.3) is 0 Å². The summed E-state index contributed by atoms with van der Waals surface area (Å²) in [5.74, 6) is -0.803. The molecule has 0 unspecified atom stereocenters. The number of nitrogens with zero attached hydrogens (tertiary/aromatic N) is 2. The molecule has 2 N–H and O–H groups in total. The average Bonchev–Trinajstić information content (AvgIpc) is 2.59. The van der Waals surface area contributed by atoms with Crippen LogP contribution in [0.15, 0.2) is 0 Å². The van der Waals surface area contributed by atoms with Gasteiger partial charge >= 0.3 is 5.97 Å². The lowest BCUT2D eigenvalue weighted by atomic mass is 10.3. The Morgan fingerprint density at radius 2 is 2.36 bits per heavy atom. The Morgan fingerprint density at radius 3 is 3.00 bits per heavy atom. The van der Waals surface area contributed by atoms with Crippen molar-refractivity contribution < 1.29 is 9.90 Å². The van der Waals surface area contributed by atoms with E-state index in [1.54, 1.807) is 0 Å². The molecule has 1 aromatic heterocycles. The summed E-state index contributed by atoms with van der Waals surface area (Å²) in [5.41, 5.74) is 0. The van der Waals surface area contributed by atoms with Crippen LogP contribution in [0.3, 0.4) is 0 Å². The number of nitrogens with one attached hydrogen (secondary N) is 1. The number of anilines is 1. The standard InChI is InChI=1S/C8H13N3O2S/c1-2-5-9-8-11-10-6(14-8)3-4-7(12)13/h2-5H2,1H3,(H,9,11)(H,12,13). The third-order valence-corrected chi connectivity index (χ3v) is 2.49. The Hall–Kier alpha value is -1.17. The van der Waals surface area contributed by atoms with Gasteiger partial charge in [0.05, 0.1) is 6.42 Å². The number of carboxylic acids is 1. The maximum absolute atomic E-state index is 10.3. The number of aliphatic carboxylic acids is 1. The molecule has 1 rings (SSSR count). The second-order valence-electron chi connectivity index (χ2n) is 2.82. The molecule has 0 aromatic carbocycles. The van der Waals surface area contributed by atoms with Gasteiger partial charge in [-0.25, -0.2) is 0 Å². The SMILES string of the molecule is CCCNc1nnc(CCC(=O)O)s1. The smallest absolute Gasteiger partial charge is 0.303 e. The summed E-state index contributed by atoms with van der Waals surface area (Å²) >= 11 is 1.42. The Balaban J connectivity index is 2.38. The molecule has 0 aliphatic heterocycles. The Kier molecular flexibility index (Phi) is 4.31. The second kappa shape index (κ2) is 5.54. The number of aromatic nitrogens is 2. The molecule has 0 amide bonds. The number of aryl methyl sites for hydroxylation is 1. The van der Waals surface area contributed by atoms with Crippen molar-refractivity contribution in [2.75, 3.05) is 11.9 Å². The van der Waals surface area contributed by atoms with Crippen molar-refractivity contribution in [3.8, 4) is 0 Å². The van der Waals surface area contributed by atoms with Gasteiger partial charge in [-0.1, -0.05) is 18.3 Å². The molecule has 6 heteroatoms. The van der Waals surface area contributed by atoms with Crippen LogP contribution >= 0.6 is 11.3 Å². The first-order valence-corrected chi connectivity index (χ1v) is 5.32. The summed E-state index contributed by atoms with van der Waals surface area (Å²) < 4.78 is 0. The van der Waals surface area contributed by atoms with E-state index in [0.29, 0.717) is 6.42 Å². The average molecular weight is 215 g/mol. The van der Waals surface area contributed by atoms with Gasteiger partial charge in [-0.15, -0.1) is 10.2 Å². The number of hydrogen-bond acceptors (Lipinski definition) is 5. The molecule has 78 valence electrons. The maximum Gasteiger partial charge on any atom is 0.303 e. The van der Waals surface area contributed by atoms with Gasteiger partial charge in [-0.05, 0) is 6.42 Å². The topological polar surface area (TPSA) is 75.1 Å². The minimum Gasteiger partial charge on any atom is -0.481 e. The summed E-state index contributed by atoms with van der Waals surface area (Å²) in [5, 5.41) is 20.9. The lowest BCUT2D eigenvalue weighted by Crippen LogP contribution is -1.98. The monoisotopic (exact) mass is 215 g/mol. The lowest BCUT2D eigenvalue weighted by molar-refractivity contribution is -0.136. The maximum atomic E-state index is 10.3. The van der Waals surface area contributed by atoms with Crippen molar-refractivity contribution >= 4 is 22.4 Å². The molecule has 14 heavy (non-hydrogen) atoms. The van der Waals surface area contributed by atoms with E-state index in [2.05, 4.69) is 22.4 Å². The van der Waals surface area contributed by atoms with E-state index in [4.69, 9.17) is 5.11 Å². The summed E-state index contributed by atoms with van der Waals surface area (Å²) in [6.07, 6.45) is 1.60. The molecule has 5 nitrogen and oxygen atoms in total. The highest BCUT2D eigenvalue weighted by atomic mass is 32.1. The molecule has 0 saturated carbocycles. The van der Waals surface area contributed by atoms with Crippen molar-refractivity contribution in [1.82, 2.24) is 10.2 Å². The molecule has 0 spiro atoms. The summed E-state index contributed by atoms with van der Waals surface area (Å²) in [7, 11) is 0. The number of carboxylic acid groups (broad SMARTS) is 1. The predicted molar refractivity (Wildman–Crippen MR) is 54.6 cm³/mol. The Bertz CT molecular complexity index is 301.